The number of alkyl carbamates (subject to hydrolysis) is 1. The van der Waals surface area contributed by atoms with Crippen LogP contribution in [0.5, 0.6) is 0 Å². The van der Waals surface area contributed by atoms with Gasteiger partial charge in [-0.15, -0.1) is 0 Å². The van der Waals surface area contributed by atoms with Gasteiger partial charge in [-0.2, -0.15) is 0 Å². The van der Waals surface area contributed by atoms with Gasteiger partial charge in [-0.25, -0.2) is 4.79 Å². The number of carbonyl (C=O) groups is 2. The smallest absolute Gasteiger partial charge is 0.407 e. The maximum atomic E-state index is 12.2. The highest BCUT2D eigenvalue weighted by atomic mass is 16.6. The predicted molar refractivity (Wildman–Crippen MR) is 188 cm³/mol. The lowest BCUT2D eigenvalue weighted by molar-refractivity contribution is -0.153. The molecule has 7 heteroatoms. The first kappa shape index (κ1) is 43.7. The van der Waals surface area contributed by atoms with Crippen molar-refractivity contribution in [2.75, 3.05) is 33.0 Å². The Labute approximate surface area is 279 Å². The van der Waals surface area contributed by atoms with Crippen LogP contribution in [0.3, 0.4) is 0 Å². The quantitative estimate of drug-likeness (QED) is 0.0567. The van der Waals surface area contributed by atoms with Crippen molar-refractivity contribution < 1.29 is 28.5 Å². The van der Waals surface area contributed by atoms with Gasteiger partial charge in [0.05, 0.1) is 6.61 Å². The van der Waals surface area contributed by atoms with Crippen LogP contribution in [0.15, 0.2) is 0 Å². The van der Waals surface area contributed by atoms with Crippen LogP contribution in [0.1, 0.15) is 189 Å². The van der Waals surface area contributed by atoms with Gasteiger partial charge in [0.15, 0.2) is 0 Å². The molecule has 0 heterocycles. The molecule has 0 aromatic rings. The molecule has 1 N–H and O–H groups in total. The van der Waals surface area contributed by atoms with E-state index in [1.54, 1.807) is 20.8 Å². The molecule has 7 nitrogen and oxygen atoms in total. The third-order valence-corrected chi connectivity index (χ3v) is 7.99. The van der Waals surface area contributed by atoms with E-state index in [1.165, 1.54) is 135 Å². The predicted octanol–water partition coefficient (Wildman–Crippen LogP) is 10.9. The number of unbranched alkanes of at least 4 members (excludes halogenated alkanes) is 22. The van der Waals surface area contributed by atoms with Crippen LogP contribution in [0, 0.1) is 0 Å². The molecule has 0 bridgehead atoms. The third-order valence-electron chi connectivity index (χ3n) is 7.99. The minimum atomic E-state index is -0.652. The van der Waals surface area contributed by atoms with Crippen molar-refractivity contribution in [1.29, 1.82) is 0 Å². The molecule has 0 fully saturated rings. The standard InChI is InChI=1S/C38H75NO6/c1-6-8-10-12-14-16-18-20-22-24-26-28-30-42-33-35(34-44-37(41)39-32-36(40)45-38(3,4)5)43-31-29-27-25-23-21-19-17-15-13-11-9-7-2/h35H,6-34H2,1-5H3,(H,39,41)/t35-/m1/s1. The zero-order valence-electron chi connectivity index (χ0n) is 30.5. The molecule has 0 unspecified atom stereocenters. The summed E-state index contributed by atoms with van der Waals surface area (Å²) in [5.74, 6) is -0.495. The van der Waals surface area contributed by atoms with Crippen LogP contribution < -0.4 is 5.32 Å². The number of hydrogen-bond donors (Lipinski definition) is 1. The number of hydrogen-bond acceptors (Lipinski definition) is 6. The van der Waals surface area contributed by atoms with Gasteiger partial charge in [0.2, 0.25) is 0 Å². The van der Waals surface area contributed by atoms with Crippen molar-refractivity contribution in [3.8, 4) is 0 Å². The van der Waals surface area contributed by atoms with Crippen LogP contribution in [-0.2, 0) is 23.7 Å². The maximum Gasteiger partial charge on any atom is 0.407 e. The summed E-state index contributed by atoms with van der Waals surface area (Å²) in [6, 6.07) is 0. The average Bonchev–Trinajstić information content (AvgIpc) is 3.00. The first-order chi connectivity index (χ1) is 21.8. The SMILES string of the molecule is CCCCCCCCCCCCCCOC[C@H](COC(=O)NCC(=O)OC(C)(C)C)OCCCCCCCCCCCCCC. The van der Waals surface area contributed by atoms with Gasteiger partial charge >= 0.3 is 12.1 Å². The average molecular weight is 642 g/mol. The Kier molecular flexibility index (Phi) is 31.6. The van der Waals surface area contributed by atoms with Crippen LogP contribution >= 0.6 is 0 Å². The van der Waals surface area contributed by atoms with Crippen molar-refractivity contribution in [2.45, 2.75) is 200 Å². The minimum Gasteiger partial charge on any atom is -0.459 e. The topological polar surface area (TPSA) is 83.1 Å². The Bertz CT molecular complexity index is 651. The summed E-state index contributed by atoms with van der Waals surface area (Å²) in [7, 11) is 0. The van der Waals surface area contributed by atoms with Crippen molar-refractivity contribution >= 4 is 12.1 Å². The van der Waals surface area contributed by atoms with Crippen molar-refractivity contribution in [2.24, 2.45) is 0 Å². The fourth-order valence-electron chi connectivity index (χ4n) is 5.34. The number of esters is 1. The summed E-state index contributed by atoms with van der Waals surface area (Å²) in [6.07, 6.45) is 30.4. The molecule has 0 aromatic heterocycles. The largest absolute Gasteiger partial charge is 0.459 e. The lowest BCUT2D eigenvalue weighted by Crippen LogP contribution is -2.36. The number of carbonyl (C=O) groups excluding carboxylic acids is 2. The molecule has 1 amide bonds. The highest BCUT2D eigenvalue weighted by Gasteiger charge is 2.18. The Balaban J connectivity index is 4.12. The Morgan fingerprint density at radius 3 is 1.38 bits per heavy atom. The molecule has 0 rings (SSSR count). The monoisotopic (exact) mass is 642 g/mol. The Hall–Kier alpha value is -1.34. The first-order valence-corrected chi connectivity index (χ1v) is 19.1. The van der Waals surface area contributed by atoms with Gasteiger partial charge in [-0.1, -0.05) is 155 Å². The van der Waals surface area contributed by atoms with Crippen molar-refractivity contribution in [3.63, 3.8) is 0 Å². The lowest BCUT2D eigenvalue weighted by Gasteiger charge is -2.20. The van der Waals surface area contributed by atoms with Gasteiger partial charge in [0.1, 0.15) is 24.9 Å². The molecule has 0 saturated carbocycles. The van der Waals surface area contributed by atoms with E-state index in [0.717, 1.165) is 19.3 Å². The number of rotatable bonds is 33. The normalized spacial score (nSPS) is 12.3. The second-order valence-corrected chi connectivity index (χ2v) is 13.9. The lowest BCUT2D eigenvalue weighted by atomic mass is 10.1. The highest BCUT2D eigenvalue weighted by Crippen LogP contribution is 2.14. The molecule has 0 aromatic carbocycles. The van der Waals surface area contributed by atoms with E-state index >= 15 is 0 Å². The molecule has 0 radical (unpaired) electrons. The van der Waals surface area contributed by atoms with Crippen molar-refractivity contribution in [1.82, 2.24) is 5.32 Å². The third kappa shape index (κ3) is 35.4. The molecule has 0 saturated heterocycles. The molecule has 268 valence electrons. The van der Waals surface area contributed by atoms with Crippen LogP contribution in [0.4, 0.5) is 4.79 Å². The summed E-state index contributed by atoms with van der Waals surface area (Å²) in [5.41, 5.74) is -0.597. The first-order valence-electron chi connectivity index (χ1n) is 19.1. The minimum absolute atomic E-state index is 0.0941. The fourth-order valence-corrected chi connectivity index (χ4v) is 5.34. The zero-order chi connectivity index (χ0) is 33.3. The number of amides is 1. The fraction of sp³-hybridized carbons (Fsp3) is 0.947. The van der Waals surface area contributed by atoms with E-state index in [4.69, 9.17) is 18.9 Å². The second-order valence-electron chi connectivity index (χ2n) is 13.9. The van der Waals surface area contributed by atoms with Gasteiger partial charge in [-0.3, -0.25) is 4.79 Å². The summed E-state index contributed by atoms with van der Waals surface area (Å²) in [6.45, 7) is 11.5. The van der Waals surface area contributed by atoms with E-state index in [2.05, 4.69) is 19.2 Å². The van der Waals surface area contributed by atoms with E-state index in [-0.39, 0.29) is 19.3 Å². The summed E-state index contributed by atoms with van der Waals surface area (Å²) < 4.78 is 22.6. The Morgan fingerprint density at radius 1 is 0.556 bits per heavy atom. The maximum absolute atomic E-state index is 12.2. The van der Waals surface area contributed by atoms with E-state index in [0.29, 0.717) is 19.8 Å². The van der Waals surface area contributed by atoms with Crippen LogP contribution in [0.2, 0.25) is 0 Å². The van der Waals surface area contributed by atoms with E-state index < -0.39 is 17.7 Å². The molecule has 1 atom stereocenters. The van der Waals surface area contributed by atoms with Crippen molar-refractivity contribution in [3.05, 3.63) is 0 Å². The van der Waals surface area contributed by atoms with E-state index in [1.807, 2.05) is 0 Å². The van der Waals surface area contributed by atoms with Gasteiger partial charge in [0.25, 0.3) is 0 Å². The second kappa shape index (κ2) is 32.6. The molecule has 0 aliphatic rings. The highest BCUT2D eigenvalue weighted by molar-refractivity contribution is 5.78. The molecular weight excluding hydrogens is 566 g/mol. The molecular formula is C38H75NO6. The van der Waals surface area contributed by atoms with Gasteiger partial charge in [-0.05, 0) is 33.6 Å². The number of ether oxygens (including phenoxy) is 4. The van der Waals surface area contributed by atoms with Crippen LogP contribution in [-0.4, -0.2) is 56.7 Å². The summed E-state index contributed by atoms with van der Waals surface area (Å²) in [4.78, 5) is 24.0. The van der Waals surface area contributed by atoms with Gasteiger partial charge in [0, 0.05) is 13.2 Å². The molecule has 0 spiro atoms. The Morgan fingerprint density at radius 2 is 0.956 bits per heavy atom. The van der Waals surface area contributed by atoms with Gasteiger partial charge < -0.3 is 24.3 Å². The molecule has 0 aliphatic carbocycles. The zero-order valence-corrected chi connectivity index (χ0v) is 30.5. The number of nitrogens with one attached hydrogen (secondary N) is 1. The van der Waals surface area contributed by atoms with E-state index in [9.17, 15) is 9.59 Å². The molecule has 45 heavy (non-hydrogen) atoms. The summed E-state index contributed by atoms with van der Waals surface area (Å²) >= 11 is 0. The summed E-state index contributed by atoms with van der Waals surface area (Å²) in [5, 5.41) is 2.47. The molecule has 0 aliphatic heterocycles. The van der Waals surface area contributed by atoms with Crippen LogP contribution in [0.25, 0.3) is 0 Å².